The van der Waals surface area contributed by atoms with E-state index in [9.17, 15) is 26.4 Å². The predicted molar refractivity (Wildman–Crippen MR) is 91.2 cm³/mol. The number of nitrogens with one attached hydrogen (secondary N) is 1. The van der Waals surface area contributed by atoms with E-state index in [2.05, 4.69) is 10.4 Å². The van der Waals surface area contributed by atoms with Crippen LogP contribution in [0.2, 0.25) is 0 Å². The minimum atomic E-state index is -5.54. The summed E-state index contributed by atoms with van der Waals surface area (Å²) in [6, 6.07) is 4.39. The van der Waals surface area contributed by atoms with Gasteiger partial charge in [-0.3, -0.25) is 9.48 Å². The minimum absolute atomic E-state index is 0.0125. The van der Waals surface area contributed by atoms with Gasteiger partial charge in [0, 0.05) is 18.7 Å². The number of carbonyl (C=O) groups is 1. The summed E-state index contributed by atoms with van der Waals surface area (Å²) in [7, 11) is -4.29. The number of alkyl halides is 3. The van der Waals surface area contributed by atoms with Crippen molar-refractivity contribution in [1.29, 1.82) is 0 Å². The van der Waals surface area contributed by atoms with E-state index in [0.29, 0.717) is 0 Å². The SMILES string of the molecule is COc1ccc(S(=O)(=O)C(F)(F)F)cc1NC(=O)CCn1nc(C)cc1C. The van der Waals surface area contributed by atoms with Crippen LogP contribution in [0.1, 0.15) is 17.8 Å². The van der Waals surface area contributed by atoms with E-state index in [0.717, 1.165) is 29.6 Å². The smallest absolute Gasteiger partial charge is 0.495 e. The third kappa shape index (κ3) is 4.59. The van der Waals surface area contributed by atoms with Crippen LogP contribution in [0.5, 0.6) is 5.75 Å². The molecule has 27 heavy (non-hydrogen) atoms. The summed E-state index contributed by atoms with van der Waals surface area (Å²) in [5, 5.41) is 6.59. The number of benzene rings is 1. The quantitative estimate of drug-likeness (QED) is 0.798. The first kappa shape index (κ1) is 20.7. The maximum atomic E-state index is 12.7. The maximum Gasteiger partial charge on any atom is 0.501 e. The van der Waals surface area contributed by atoms with Crippen LogP contribution >= 0.6 is 0 Å². The number of ether oxygens (including phenoxy) is 1. The molecule has 2 rings (SSSR count). The van der Waals surface area contributed by atoms with E-state index in [4.69, 9.17) is 4.74 Å². The monoisotopic (exact) mass is 405 g/mol. The molecule has 0 radical (unpaired) electrons. The Morgan fingerprint density at radius 1 is 1.26 bits per heavy atom. The first-order chi connectivity index (χ1) is 12.5. The number of aryl methyl sites for hydroxylation is 3. The summed E-state index contributed by atoms with van der Waals surface area (Å²) in [4.78, 5) is 11.2. The fourth-order valence-corrected chi connectivity index (χ4v) is 3.19. The molecule has 0 spiro atoms. The molecular weight excluding hydrogens is 387 g/mol. The third-order valence-corrected chi connectivity index (χ3v) is 5.20. The average Bonchev–Trinajstić information content (AvgIpc) is 2.89. The molecule has 0 aliphatic heterocycles. The zero-order valence-corrected chi connectivity index (χ0v) is 15.6. The Bertz CT molecular complexity index is 952. The van der Waals surface area contributed by atoms with Gasteiger partial charge in [0.2, 0.25) is 5.91 Å². The predicted octanol–water partition coefficient (Wildman–Crippen LogP) is 2.83. The van der Waals surface area contributed by atoms with Crippen LogP contribution in [0.4, 0.5) is 18.9 Å². The normalized spacial score (nSPS) is 12.1. The number of halogens is 3. The van der Waals surface area contributed by atoms with E-state index in [1.807, 2.05) is 13.0 Å². The summed E-state index contributed by atoms with van der Waals surface area (Å²) in [5.41, 5.74) is -3.96. The van der Waals surface area contributed by atoms with Crippen molar-refractivity contribution in [3.05, 3.63) is 35.7 Å². The molecule has 0 atom stereocenters. The van der Waals surface area contributed by atoms with Crippen molar-refractivity contribution < 1.29 is 31.1 Å². The second-order valence-corrected chi connectivity index (χ2v) is 7.70. The Balaban J connectivity index is 2.20. The van der Waals surface area contributed by atoms with Gasteiger partial charge in [0.05, 0.1) is 23.4 Å². The fourth-order valence-electron chi connectivity index (χ4n) is 2.41. The van der Waals surface area contributed by atoms with Gasteiger partial charge in [0.25, 0.3) is 9.84 Å². The van der Waals surface area contributed by atoms with Crippen molar-refractivity contribution in [2.75, 3.05) is 12.4 Å². The molecule has 1 heterocycles. The molecule has 0 aliphatic rings. The van der Waals surface area contributed by atoms with Crippen LogP contribution in [-0.4, -0.2) is 36.7 Å². The lowest BCUT2D eigenvalue weighted by atomic mass is 10.2. The summed E-state index contributed by atoms with van der Waals surface area (Å²) >= 11 is 0. The second kappa shape index (κ2) is 7.59. The van der Waals surface area contributed by atoms with Crippen LogP contribution in [-0.2, 0) is 21.2 Å². The van der Waals surface area contributed by atoms with Gasteiger partial charge in [-0.1, -0.05) is 0 Å². The zero-order valence-electron chi connectivity index (χ0n) is 14.8. The van der Waals surface area contributed by atoms with Crippen molar-refractivity contribution in [1.82, 2.24) is 9.78 Å². The molecule has 1 aromatic carbocycles. The van der Waals surface area contributed by atoms with Crippen molar-refractivity contribution >= 4 is 21.4 Å². The number of nitrogens with zero attached hydrogens (tertiary/aromatic N) is 2. The molecule has 1 N–H and O–H groups in total. The largest absolute Gasteiger partial charge is 0.501 e. The average molecular weight is 405 g/mol. The Morgan fingerprint density at radius 3 is 2.44 bits per heavy atom. The van der Waals surface area contributed by atoms with E-state index in [1.165, 1.54) is 7.11 Å². The Labute approximate surface area is 154 Å². The van der Waals surface area contributed by atoms with Gasteiger partial charge in [0.15, 0.2) is 0 Å². The number of amides is 1. The highest BCUT2D eigenvalue weighted by atomic mass is 32.2. The van der Waals surface area contributed by atoms with Gasteiger partial charge in [-0.05, 0) is 38.1 Å². The van der Waals surface area contributed by atoms with E-state index >= 15 is 0 Å². The summed E-state index contributed by atoms with van der Waals surface area (Å²) in [6.45, 7) is 3.89. The van der Waals surface area contributed by atoms with E-state index in [-0.39, 0.29) is 24.4 Å². The highest BCUT2D eigenvalue weighted by Crippen LogP contribution is 2.34. The lowest BCUT2D eigenvalue weighted by Crippen LogP contribution is -2.23. The molecular formula is C16H18F3N3O4S. The van der Waals surface area contributed by atoms with Crippen LogP contribution in [0.3, 0.4) is 0 Å². The van der Waals surface area contributed by atoms with E-state index < -0.39 is 26.1 Å². The first-order valence-corrected chi connectivity index (χ1v) is 9.24. The van der Waals surface area contributed by atoms with Crippen molar-refractivity contribution in [2.45, 2.75) is 37.2 Å². The van der Waals surface area contributed by atoms with Gasteiger partial charge >= 0.3 is 5.51 Å². The fraction of sp³-hybridized carbons (Fsp3) is 0.375. The minimum Gasteiger partial charge on any atom is -0.495 e. The van der Waals surface area contributed by atoms with Crippen LogP contribution in [0, 0.1) is 13.8 Å². The molecule has 0 aliphatic carbocycles. The lowest BCUT2D eigenvalue weighted by Gasteiger charge is -2.14. The van der Waals surface area contributed by atoms with Crippen LogP contribution in [0.15, 0.2) is 29.2 Å². The Kier molecular flexibility index (Phi) is 5.83. The topological polar surface area (TPSA) is 90.3 Å². The number of anilines is 1. The third-order valence-electron chi connectivity index (χ3n) is 3.71. The van der Waals surface area contributed by atoms with Crippen molar-refractivity contribution in [3.8, 4) is 5.75 Å². The number of hydrogen-bond donors (Lipinski definition) is 1. The van der Waals surface area contributed by atoms with Gasteiger partial charge in [0.1, 0.15) is 5.75 Å². The zero-order chi connectivity index (χ0) is 20.4. The van der Waals surface area contributed by atoms with E-state index in [1.54, 1.807) is 11.6 Å². The molecule has 0 bridgehead atoms. The van der Waals surface area contributed by atoms with Crippen molar-refractivity contribution in [3.63, 3.8) is 0 Å². The maximum absolute atomic E-state index is 12.7. The Hall–Kier alpha value is -2.56. The summed E-state index contributed by atoms with van der Waals surface area (Å²) < 4.78 is 67.9. The Morgan fingerprint density at radius 2 is 1.93 bits per heavy atom. The lowest BCUT2D eigenvalue weighted by molar-refractivity contribution is -0.116. The number of hydrogen-bond acceptors (Lipinski definition) is 5. The number of aromatic nitrogens is 2. The summed E-state index contributed by atoms with van der Waals surface area (Å²) in [5.74, 6) is -0.488. The standard InChI is InChI=1S/C16H18F3N3O4S/c1-10-8-11(2)22(21-10)7-6-15(23)20-13-9-12(4-5-14(13)26-3)27(24,25)16(17,18)19/h4-5,8-9H,6-7H2,1-3H3,(H,20,23). The molecule has 0 saturated heterocycles. The first-order valence-electron chi connectivity index (χ1n) is 7.76. The number of rotatable bonds is 6. The van der Waals surface area contributed by atoms with Crippen molar-refractivity contribution in [2.24, 2.45) is 0 Å². The van der Waals surface area contributed by atoms with Gasteiger partial charge in [-0.25, -0.2) is 8.42 Å². The van der Waals surface area contributed by atoms with Gasteiger partial charge in [-0.15, -0.1) is 0 Å². The molecule has 0 saturated carbocycles. The van der Waals surface area contributed by atoms with Gasteiger partial charge in [-0.2, -0.15) is 18.3 Å². The van der Waals surface area contributed by atoms with Crippen LogP contribution < -0.4 is 10.1 Å². The molecule has 1 aromatic heterocycles. The molecule has 0 fully saturated rings. The molecule has 1 amide bonds. The van der Waals surface area contributed by atoms with Crippen LogP contribution in [0.25, 0.3) is 0 Å². The molecule has 7 nitrogen and oxygen atoms in total. The number of sulfone groups is 1. The number of carbonyl (C=O) groups excluding carboxylic acids is 1. The number of methoxy groups -OCH3 is 1. The highest BCUT2D eigenvalue weighted by molar-refractivity contribution is 7.92. The highest BCUT2D eigenvalue weighted by Gasteiger charge is 2.47. The molecule has 11 heteroatoms. The second-order valence-electron chi connectivity index (χ2n) is 5.76. The molecule has 148 valence electrons. The molecule has 0 unspecified atom stereocenters. The van der Waals surface area contributed by atoms with Gasteiger partial charge < -0.3 is 10.1 Å². The molecule has 2 aromatic rings. The summed E-state index contributed by atoms with van der Waals surface area (Å²) in [6.07, 6.45) is -0.0125.